The zero-order valence-electron chi connectivity index (χ0n) is 11.5. The van der Waals surface area contributed by atoms with Gasteiger partial charge in [0.15, 0.2) is 0 Å². The second-order valence-electron chi connectivity index (χ2n) is 5.45. The van der Waals surface area contributed by atoms with Crippen molar-refractivity contribution in [1.82, 2.24) is 10.2 Å². The first-order chi connectivity index (χ1) is 9.08. The summed E-state index contributed by atoms with van der Waals surface area (Å²) in [4.78, 5) is 14.0. The summed E-state index contributed by atoms with van der Waals surface area (Å²) in [5.41, 5.74) is 1.06. The molecule has 0 aromatic heterocycles. The number of carbonyl (C=O) groups is 1. The van der Waals surface area contributed by atoms with Crippen LogP contribution in [0.1, 0.15) is 24.3 Å². The van der Waals surface area contributed by atoms with Crippen molar-refractivity contribution in [2.24, 2.45) is 5.92 Å². The molecule has 1 saturated carbocycles. The number of hydrogen-bond acceptors (Lipinski definition) is 2. The van der Waals surface area contributed by atoms with Crippen LogP contribution in [0, 0.1) is 11.7 Å². The van der Waals surface area contributed by atoms with Gasteiger partial charge in [-0.3, -0.25) is 4.79 Å². The van der Waals surface area contributed by atoms with Gasteiger partial charge in [-0.1, -0.05) is 12.1 Å². The van der Waals surface area contributed by atoms with Crippen molar-refractivity contribution in [2.45, 2.75) is 18.8 Å². The second kappa shape index (κ2) is 6.15. The average Bonchev–Trinajstić information content (AvgIpc) is 3.15. The number of amides is 1. The van der Waals surface area contributed by atoms with Crippen LogP contribution < -0.4 is 5.32 Å². The fraction of sp³-hybridized carbons (Fsp3) is 0.533. The Labute approximate surface area is 113 Å². The van der Waals surface area contributed by atoms with E-state index in [0.717, 1.165) is 31.5 Å². The Kier molecular flexibility index (Phi) is 4.53. The Hall–Kier alpha value is -1.42. The van der Waals surface area contributed by atoms with Gasteiger partial charge in [-0.2, -0.15) is 0 Å². The number of nitrogens with zero attached hydrogens (tertiary/aromatic N) is 1. The molecule has 1 N–H and O–H groups in total. The van der Waals surface area contributed by atoms with E-state index in [4.69, 9.17) is 0 Å². The second-order valence-corrected chi connectivity index (χ2v) is 5.45. The van der Waals surface area contributed by atoms with Gasteiger partial charge >= 0.3 is 0 Å². The Morgan fingerprint density at radius 1 is 1.37 bits per heavy atom. The fourth-order valence-electron chi connectivity index (χ4n) is 2.30. The van der Waals surface area contributed by atoms with E-state index in [1.54, 1.807) is 12.1 Å². The van der Waals surface area contributed by atoms with Crippen molar-refractivity contribution >= 4 is 5.91 Å². The van der Waals surface area contributed by atoms with E-state index in [2.05, 4.69) is 10.2 Å². The van der Waals surface area contributed by atoms with Gasteiger partial charge in [0, 0.05) is 12.5 Å². The molecule has 104 valence electrons. The van der Waals surface area contributed by atoms with Crippen molar-refractivity contribution in [3.05, 3.63) is 35.6 Å². The van der Waals surface area contributed by atoms with Crippen molar-refractivity contribution in [2.75, 3.05) is 27.2 Å². The van der Waals surface area contributed by atoms with Crippen LogP contribution in [-0.4, -0.2) is 38.0 Å². The van der Waals surface area contributed by atoms with Crippen LogP contribution in [0.3, 0.4) is 0 Å². The molecule has 0 radical (unpaired) electrons. The van der Waals surface area contributed by atoms with Crippen LogP contribution in [0.4, 0.5) is 4.39 Å². The lowest BCUT2D eigenvalue weighted by molar-refractivity contribution is -0.122. The molecule has 1 aromatic carbocycles. The molecule has 0 aliphatic heterocycles. The molecule has 2 rings (SSSR count). The van der Waals surface area contributed by atoms with Gasteiger partial charge in [0.1, 0.15) is 5.82 Å². The molecule has 1 aliphatic carbocycles. The van der Waals surface area contributed by atoms with Crippen LogP contribution in [0.2, 0.25) is 0 Å². The minimum absolute atomic E-state index is 0.0739. The molecule has 0 heterocycles. The summed E-state index contributed by atoms with van der Waals surface area (Å²) in [6, 6.07) is 6.47. The molecule has 1 aliphatic rings. The summed E-state index contributed by atoms with van der Waals surface area (Å²) in [7, 11) is 4.04. The van der Waals surface area contributed by atoms with Crippen molar-refractivity contribution in [3.63, 3.8) is 0 Å². The van der Waals surface area contributed by atoms with Gasteiger partial charge in [-0.15, -0.1) is 0 Å². The van der Waals surface area contributed by atoms with E-state index < -0.39 is 0 Å². The predicted octanol–water partition coefficient (Wildman–Crippen LogP) is 2.00. The highest BCUT2D eigenvalue weighted by Gasteiger charge is 2.43. The number of carbonyl (C=O) groups excluding carboxylic acids is 1. The Bertz CT molecular complexity index is 430. The maximum atomic E-state index is 12.8. The molecule has 0 spiro atoms. The molecule has 2 atom stereocenters. The summed E-state index contributed by atoms with van der Waals surface area (Å²) >= 11 is 0. The van der Waals surface area contributed by atoms with Crippen LogP contribution in [0.25, 0.3) is 0 Å². The van der Waals surface area contributed by atoms with E-state index in [1.807, 2.05) is 14.1 Å². The van der Waals surface area contributed by atoms with Crippen LogP contribution in [-0.2, 0) is 4.79 Å². The molecule has 19 heavy (non-hydrogen) atoms. The summed E-state index contributed by atoms with van der Waals surface area (Å²) in [5, 5.41) is 2.97. The summed E-state index contributed by atoms with van der Waals surface area (Å²) in [5.74, 6) is 0.251. The SMILES string of the molecule is CN(C)CCCNC(=O)C1CC1c1ccc(F)cc1. The van der Waals surface area contributed by atoms with Crippen LogP contribution >= 0.6 is 0 Å². The first kappa shape index (κ1) is 14.0. The number of nitrogens with one attached hydrogen (secondary N) is 1. The largest absolute Gasteiger partial charge is 0.356 e. The summed E-state index contributed by atoms with van der Waals surface area (Å²) < 4.78 is 12.8. The maximum Gasteiger partial charge on any atom is 0.223 e. The molecule has 0 saturated heterocycles. The Morgan fingerprint density at radius 3 is 2.68 bits per heavy atom. The van der Waals surface area contributed by atoms with E-state index >= 15 is 0 Å². The lowest BCUT2D eigenvalue weighted by Gasteiger charge is -2.09. The van der Waals surface area contributed by atoms with E-state index in [9.17, 15) is 9.18 Å². The molecular weight excluding hydrogens is 243 g/mol. The van der Waals surface area contributed by atoms with Gasteiger partial charge in [0.05, 0.1) is 0 Å². The van der Waals surface area contributed by atoms with E-state index in [0.29, 0.717) is 0 Å². The topological polar surface area (TPSA) is 32.3 Å². The minimum Gasteiger partial charge on any atom is -0.356 e. The Morgan fingerprint density at radius 2 is 2.05 bits per heavy atom. The summed E-state index contributed by atoms with van der Waals surface area (Å²) in [6.07, 6.45) is 1.85. The third-order valence-electron chi connectivity index (χ3n) is 3.51. The number of rotatable bonds is 6. The highest BCUT2D eigenvalue weighted by molar-refractivity contribution is 5.82. The minimum atomic E-state index is -0.228. The highest BCUT2D eigenvalue weighted by atomic mass is 19.1. The van der Waals surface area contributed by atoms with Crippen LogP contribution in [0.5, 0.6) is 0 Å². The molecule has 0 bridgehead atoms. The van der Waals surface area contributed by atoms with E-state index in [-0.39, 0.29) is 23.6 Å². The van der Waals surface area contributed by atoms with Gasteiger partial charge in [-0.05, 0) is 57.1 Å². The maximum absolute atomic E-state index is 12.8. The Balaban J connectivity index is 1.73. The van der Waals surface area contributed by atoms with Gasteiger partial charge in [-0.25, -0.2) is 4.39 Å². The zero-order chi connectivity index (χ0) is 13.8. The van der Waals surface area contributed by atoms with Gasteiger partial charge < -0.3 is 10.2 Å². The third kappa shape index (κ3) is 4.03. The first-order valence-electron chi connectivity index (χ1n) is 6.76. The lowest BCUT2D eigenvalue weighted by Crippen LogP contribution is -2.28. The first-order valence-corrected chi connectivity index (χ1v) is 6.76. The number of hydrogen-bond donors (Lipinski definition) is 1. The molecule has 1 fully saturated rings. The average molecular weight is 264 g/mol. The van der Waals surface area contributed by atoms with Crippen molar-refractivity contribution in [1.29, 1.82) is 0 Å². The third-order valence-corrected chi connectivity index (χ3v) is 3.51. The van der Waals surface area contributed by atoms with Crippen molar-refractivity contribution in [3.8, 4) is 0 Å². The predicted molar refractivity (Wildman–Crippen MR) is 73.4 cm³/mol. The lowest BCUT2D eigenvalue weighted by atomic mass is 10.1. The monoisotopic (exact) mass is 264 g/mol. The molecule has 4 heteroatoms. The highest BCUT2D eigenvalue weighted by Crippen LogP contribution is 2.47. The molecule has 3 nitrogen and oxygen atoms in total. The van der Waals surface area contributed by atoms with Crippen LogP contribution in [0.15, 0.2) is 24.3 Å². The zero-order valence-corrected chi connectivity index (χ0v) is 11.5. The molecule has 1 aromatic rings. The van der Waals surface area contributed by atoms with Crippen molar-refractivity contribution < 1.29 is 9.18 Å². The quantitative estimate of drug-likeness (QED) is 0.797. The van der Waals surface area contributed by atoms with Gasteiger partial charge in [0.25, 0.3) is 0 Å². The molecule has 1 amide bonds. The fourth-order valence-corrected chi connectivity index (χ4v) is 2.30. The molecular formula is C15H21FN2O. The van der Waals surface area contributed by atoms with E-state index in [1.165, 1.54) is 12.1 Å². The standard InChI is InChI=1S/C15H21FN2O/c1-18(2)9-3-8-17-15(19)14-10-13(14)11-4-6-12(16)7-5-11/h4-7,13-14H,3,8-10H2,1-2H3,(H,17,19). The van der Waals surface area contributed by atoms with Gasteiger partial charge in [0.2, 0.25) is 5.91 Å². The summed E-state index contributed by atoms with van der Waals surface area (Å²) in [6.45, 7) is 1.70. The normalized spacial score (nSPS) is 21.5. The molecule has 2 unspecified atom stereocenters. The number of halogens is 1. The smallest absolute Gasteiger partial charge is 0.223 e. The number of benzene rings is 1.